The van der Waals surface area contributed by atoms with Gasteiger partial charge in [0.15, 0.2) is 11.4 Å². The number of rotatable bonds is 1. The number of carbonyl (C=O) groups is 1. The van der Waals surface area contributed by atoms with Crippen LogP contribution in [0.4, 0.5) is 0 Å². The minimum absolute atomic E-state index is 0.0383. The molecule has 0 amide bonds. The van der Waals surface area contributed by atoms with Gasteiger partial charge in [-0.3, -0.25) is 0 Å². The van der Waals surface area contributed by atoms with Crippen LogP contribution in [0, 0.1) is 20.8 Å². The first kappa shape index (κ1) is 13.9. The lowest BCUT2D eigenvalue weighted by Gasteiger charge is -2.16. The van der Waals surface area contributed by atoms with Crippen molar-refractivity contribution in [1.82, 2.24) is 0 Å². The molecule has 4 heteroatoms. The lowest BCUT2D eigenvalue weighted by molar-refractivity contribution is -0.143. The number of cyclic esters (lactones) is 1. The zero-order chi connectivity index (χ0) is 14.5. The van der Waals surface area contributed by atoms with E-state index in [1.54, 1.807) is 13.8 Å². The molecule has 0 spiro atoms. The van der Waals surface area contributed by atoms with E-state index >= 15 is 0 Å². The summed E-state index contributed by atoms with van der Waals surface area (Å²) >= 11 is 6.24. The molecule has 0 bridgehead atoms. The molecular weight excluding hydrogens is 264 g/mol. The highest BCUT2D eigenvalue weighted by Gasteiger charge is 2.42. The van der Waals surface area contributed by atoms with Gasteiger partial charge in [-0.15, -0.1) is 0 Å². The first-order chi connectivity index (χ1) is 8.66. The number of aryl methyl sites for hydroxylation is 2. The van der Waals surface area contributed by atoms with E-state index in [0.29, 0.717) is 10.6 Å². The minimum atomic E-state index is -0.983. The van der Waals surface area contributed by atoms with Crippen LogP contribution in [-0.4, -0.2) is 16.7 Å². The molecule has 1 N–H and O–H groups in total. The summed E-state index contributed by atoms with van der Waals surface area (Å²) in [6.45, 7) is 8.97. The molecule has 0 radical (unpaired) electrons. The molecule has 3 nitrogen and oxygen atoms in total. The van der Waals surface area contributed by atoms with Crippen molar-refractivity contribution in [2.24, 2.45) is 0 Å². The van der Waals surface area contributed by atoms with Gasteiger partial charge in [-0.05, 0) is 56.9 Å². The maximum absolute atomic E-state index is 12.0. The summed E-state index contributed by atoms with van der Waals surface area (Å²) in [5.41, 5.74) is 2.55. The molecule has 1 aromatic carbocycles. The summed E-state index contributed by atoms with van der Waals surface area (Å²) in [5.74, 6) is -0.544. The Kier molecular flexibility index (Phi) is 3.13. The van der Waals surface area contributed by atoms with Gasteiger partial charge in [0.05, 0.1) is 0 Å². The average molecular weight is 281 g/mol. The maximum Gasteiger partial charge on any atom is 0.343 e. The number of hydrogen-bond donors (Lipinski definition) is 1. The van der Waals surface area contributed by atoms with Crippen LogP contribution in [0.3, 0.4) is 0 Å². The maximum atomic E-state index is 12.0. The van der Waals surface area contributed by atoms with Crippen molar-refractivity contribution in [2.45, 2.75) is 40.2 Å². The van der Waals surface area contributed by atoms with E-state index in [1.165, 1.54) is 0 Å². The summed E-state index contributed by atoms with van der Waals surface area (Å²) in [4.78, 5) is 12.0. The summed E-state index contributed by atoms with van der Waals surface area (Å²) in [6, 6.07) is 1.91. The zero-order valence-corrected chi connectivity index (χ0v) is 12.5. The van der Waals surface area contributed by atoms with Crippen molar-refractivity contribution in [1.29, 1.82) is 0 Å². The lowest BCUT2D eigenvalue weighted by Crippen LogP contribution is -2.22. The zero-order valence-electron chi connectivity index (χ0n) is 11.7. The van der Waals surface area contributed by atoms with Crippen LogP contribution in [0.15, 0.2) is 11.8 Å². The van der Waals surface area contributed by atoms with Crippen molar-refractivity contribution >= 4 is 23.1 Å². The molecule has 102 valence electrons. The van der Waals surface area contributed by atoms with Gasteiger partial charge in [0.25, 0.3) is 0 Å². The Labute approximate surface area is 117 Å². The summed E-state index contributed by atoms with van der Waals surface area (Å²) in [6.07, 6.45) is 0. The predicted octanol–water partition coefficient (Wildman–Crippen LogP) is 3.87. The first-order valence-electron chi connectivity index (χ1n) is 6.10. The molecule has 1 aromatic rings. The predicted molar refractivity (Wildman–Crippen MR) is 75.4 cm³/mol. The normalized spacial score (nSPS) is 17.9. The van der Waals surface area contributed by atoms with Gasteiger partial charge >= 0.3 is 5.97 Å². The second kappa shape index (κ2) is 4.27. The third-order valence-corrected chi connectivity index (χ3v) is 4.07. The van der Waals surface area contributed by atoms with Gasteiger partial charge in [0.1, 0.15) is 5.57 Å². The molecule has 0 aromatic heterocycles. The van der Waals surface area contributed by atoms with Crippen LogP contribution >= 0.6 is 11.6 Å². The van der Waals surface area contributed by atoms with Crippen LogP contribution in [0.1, 0.15) is 36.1 Å². The number of aliphatic hydroxyl groups is 1. The minimum Gasteiger partial charge on any atom is -0.507 e. The number of aliphatic hydroxyl groups excluding tert-OH is 1. The largest absolute Gasteiger partial charge is 0.507 e. The van der Waals surface area contributed by atoms with E-state index in [0.717, 1.165) is 16.7 Å². The molecule has 0 fully saturated rings. The summed E-state index contributed by atoms with van der Waals surface area (Å²) in [5, 5.41) is 10.8. The SMILES string of the molecule is Cc1cc(C)c(C2=C(O)C(C)(C)OC2=O)c(C)c1Cl. The Morgan fingerprint density at radius 2 is 1.79 bits per heavy atom. The fraction of sp³-hybridized carbons (Fsp3) is 0.400. The fourth-order valence-electron chi connectivity index (χ4n) is 2.50. The van der Waals surface area contributed by atoms with Gasteiger partial charge < -0.3 is 9.84 Å². The highest BCUT2D eigenvalue weighted by Crippen LogP contribution is 2.40. The Morgan fingerprint density at radius 3 is 2.26 bits per heavy atom. The van der Waals surface area contributed by atoms with E-state index < -0.39 is 11.6 Å². The molecule has 19 heavy (non-hydrogen) atoms. The van der Waals surface area contributed by atoms with Gasteiger partial charge in [-0.1, -0.05) is 17.7 Å². The molecular formula is C15H17ClO3. The third kappa shape index (κ3) is 2.02. The molecule has 0 saturated heterocycles. The monoisotopic (exact) mass is 280 g/mol. The standard InChI is InChI=1S/C15H17ClO3/c1-7-6-8(2)12(16)9(3)10(7)11-13(17)15(4,5)19-14(11)18/h6,17H,1-5H3. The molecule has 1 aliphatic heterocycles. The quantitative estimate of drug-likeness (QED) is 0.794. The van der Waals surface area contributed by atoms with Gasteiger partial charge in [0, 0.05) is 5.02 Å². The van der Waals surface area contributed by atoms with Gasteiger partial charge in [-0.25, -0.2) is 4.79 Å². The van der Waals surface area contributed by atoms with Crippen molar-refractivity contribution in [3.8, 4) is 0 Å². The number of benzene rings is 1. The van der Waals surface area contributed by atoms with Crippen LogP contribution in [0.2, 0.25) is 5.02 Å². The molecule has 0 aliphatic carbocycles. The molecule has 2 rings (SSSR count). The number of esters is 1. The highest BCUT2D eigenvalue weighted by atomic mass is 35.5. The average Bonchev–Trinajstić information content (AvgIpc) is 2.48. The van der Waals surface area contributed by atoms with E-state index in [2.05, 4.69) is 0 Å². The molecule has 0 saturated carbocycles. The number of carbonyl (C=O) groups excluding carboxylic acids is 1. The van der Waals surface area contributed by atoms with Crippen LogP contribution in [0.25, 0.3) is 5.57 Å². The number of hydrogen-bond acceptors (Lipinski definition) is 3. The topological polar surface area (TPSA) is 46.5 Å². The van der Waals surface area contributed by atoms with Crippen LogP contribution in [-0.2, 0) is 9.53 Å². The van der Waals surface area contributed by atoms with Gasteiger partial charge in [0.2, 0.25) is 0 Å². The summed E-state index contributed by atoms with van der Waals surface area (Å²) < 4.78 is 5.20. The molecule has 0 unspecified atom stereocenters. The number of ether oxygens (including phenoxy) is 1. The molecule has 1 aliphatic rings. The Balaban J connectivity index is 2.77. The van der Waals surface area contributed by atoms with Gasteiger partial charge in [-0.2, -0.15) is 0 Å². The van der Waals surface area contributed by atoms with Crippen molar-refractivity contribution in [3.05, 3.63) is 39.1 Å². The van der Waals surface area contributed by atoms with Crippen molar-refractivity contribution in [2.75, 3.05) is 0 Å². The summed E-state index contributed by atoms with van der Waals surface area (Å²) in [7, 11) is 0. The Morgan fingerprint density at radius 1 is 1.21 bits per heavy atom. The fourth-order valence-corrected chi connectivity index (χ4v) is 2.64. The third-order valence-electron chi connectivity index (χ3n) is 3.49. The first-order valence-corrected chi connectivity index (χ1v) is 6.48. The Hall–Kier alpha value is -1.48. The molecule has 0 atom stereocenters. The lowest BCUT2D eigenvalue weighted by atomic mass is 9.91. The van der Waals surface area contributed by atoms with Crippen molar-refractivity contribution < 1.29 is 14.6 Å². The van der Waals surface area contributed by atoms with E-state index in [4.69, 9.17) is 16.3 Å². The van der Waals surface area contributed by atoms with E-state index in [9.17, 15) is 9.90 Å². The Bertz CT molecular complexity index is 612. The van der Waals surface area contributed by atoms with E-state index in [-0.39, 0.29) is 11.3 Å². The van der Waals surface area contributed by atoms with E-state index in [1.807, 2.05) is 26.8 Å². The smallest absolute Gasteiger partial charge is 0.343 e. The molecule has 1 heterocycles. The van der Waals surface area contributed by atoms with Crippen LogP contribution < -0.4 is 0 Å². The van der Waals surface area contributed by atoms with Crippen LogP contribution in [0.5, 0.6) is 0 Å². The second-order valence-corrected chi connectivity index (χ2v) is 5.83. The second-order valence-electron chi connectivity index (χ2n) is 5.45. The number of halogens is 1. The highest BCUT2D eigenvalue weighted by molar-refractivity contribution is 6.33. The van der Waals surface area contributed by atoms with Crippen molar-refractivity contribution in [3.63, 3.8) is 0 Å².